The smallest absolute Gasteiger partial charge is 0.126 e. The minimum Gasteiger partial charge on any atom is -0.384 e. The van der Waals surface area contributed by atoms with Crippen LogP contribution in [0.1, 0.15) is 32.1 Å². The van der Waals surface area contributed by atoms with E-state index in [1.165, 1.54) is 0 Å². The minimum atomic E-state index is -0.806. The molecule has 1 aromatic rings. The summed E-state index contributed by atoms with van der Waals surface area (Å²) in [5.74, 6) is 0. The Balaban J connectivity index is 3.01. The molecular formula is C13H24ClN3O2. The molecule has 1 heterocycles. The van der Waals surface area contributed by atoms with Gasteiger partial charge in [0.2, 0.25) is 0 Å². The van der Waals surface area contributed by atoms with Crippen LogP contribution in [0.4, 0.5) is 0 Å². The van der Waals surface area contributed by atoms with Gasteiger partial charge in [-0.25, -0.2) is 0 Å². The van der Waals surface area contributed by atoms with Gasteiger partial charge in [0.05, 0.1) is 29.1 Å². The highest BCUT2D eigenvalue weighted by atomic mass is 35.5. The topological polar surface area (TPSA) is 50.5 Å². The maximum absolute atomic E-state index is 10.6. The number of nitrogens with zero attached hydrogens (tertiary/aromatic N) is 3. The quantitative estimate of drug-likeness (QED) is 0.833. The molecule has 0 saturated carbocycles. The Morgan fingerprint density at radius 3 is 2.68 bits per heavy atom. The van der Waals surface area contributed by atoms with Crippen LogP contribution < -0.4 is 0 Å². The Morgan fingerprint density at radius 1 is 1.58 bits per heavy atom. The van der Waals surface area contributed by atoms with E-state index in [1.54, 1.807) is 18.0 Å². The molecule has 0 aliphatic rings. The molecule has 5 nitrogen and oxygen atoms in total. The fourth-order valence-electron chi connectivity index (χ4n) is 1.86. The summed E-state index contributed by atoms with van der Waals surface area (Å²) in [5, 5.41) is 15.3. The van der Waals surface area contributed by atoms with Gasteiger partial charge >= 0.3 is 0 Å². The summed E-state index contributed by atoms with van der Waals surface area (Å²) < 4.78 is 7.20. The number of likely N-dealkylation sites (N-methyl/N-ethyl adjacent to an activating group) is 1. The van der Waals surface area contributed by atoms with Gasteiger partial charge in [-0.1, -0.05) is 18.5 Å². The highest BCUT2D eigenvalue weighted by molar-refractivity contribution is 6.31. The molecule has 19 heavy (non-hydrogen) atoms. The standard InChI is InChI=1S/C13H24ClN3O2/c1-6-13(2,19-5)12(18)11-10(14)9-15-17(11)8-7-16(3)4/h9,12,18H,6-8H2,1-5H3. The largest absolute Gasteiger partial charge is 0.384 e. The van der Waals surface area contributed by atoms with Crippen molar-refractivity contribution in [2.75, 3.05) is 27.7 Å². The van der Waals surface area contributed by atoms with E-state index < -0.39 is 11.7 Å². The van der Waals surface area contributed by atoms with Crippen LogP contribution in [-0.4, -0.2) is 53.1 Å². The van der Waals surface area contributed by atoms with Crippen molar-refractivity contribution >= 4 is 11.6 Å². The number of aliphatic hydroxyl groups is 1. The lowest BCUT2D eigenvalue weighted by Gasteiger charge is -2.32. The third-order valence-electron chi connectivity index (χ3n) is 3.60. The second-order valence-corrected chi connectivity index (χ2v) is 5.58. The van der Waals surface area contributed by atoms with Crippen LogP contribution in [-0.2, 0) is 11.3 Å². The molecule has 0 bridgehead atoms. The van der Waals surface area contributed by atoms with Crippen LogP contribution in [0.3, 0.4) is 0 Å². The van der Waals surface area contributed by atoms with Gasteiger partial charge in [-0.05, 0) is 27.4 Å². The lowest BCUT2D eigenvalue weighted by molar-refractivity contribution is -0.0975. The summed E-state index contributed by atoms with van der Waals surface area (Å²) >= 11 is 6.16. The molecule has 6 heteroatoms. The first-order valence-corrected chi connectivity index (χ1v) is 6.82. The van der Waals surface area contributed by atoms with Crippen molar-refractivity contribution in [3.05, 3.63) is 16.9 Å². The first-order valence-electron chi connectivity index (χ1n) is 6.44. The maximum atomic E-state index is 10.6. The number of ether oxygens (including phenoxy) is 1. The summed E-state index contributed by atoms with van der Waals surface area (Å²) in [7, 11) is 5.58. The lowest BCUT2D eigenvalue weighted by atomic mass is 9.93. The zero-order valence-electron chi connectivity index (χ0n) is 12.4. The normalized spacial score (nSPS) is 16.6. The van der Waals surface area contributed by atoms with Crippen LogP contribution in [0, 0.1) is 0 Å². The van der Waals surface area contributed by atoms with E-state index in [0.29, 0.717) is 23.7 Å². The Bertz CT molecular complexity index is 403. The Hall–Kier alpha value is -0.620. The van der Waals surface area contributed by atoms with Crippen molar-refractivity contribution in [1.29, 1.82) is 0 Å². The zero-order valence-corrected chi connectivity index (χ0v) is 13.1. The van der Waals surface area contributed by atoms with E-state index in [0.717, 1.165) is 6.54 Å². The molecule has 1 aromatic heterocycles. The zero-order chi connectivity index (χ0) is 14.6. The maximum Gasteiger partial charge on any atom is 0.126 e. The second kappa shape index (κ2) is 6.70. The molecule has 1 N–H and O–H groups in total. The van der Waals surface area contributed by atoms with E-state index in [4.69, 9.17) is 16.3 Å². The lowest BCUT2D eigenvalue weighted by Crippen LogP contribution is -2.36. The first kappa shape index (κ1) is 16.4. The van der Waals surface area contributed by atoms with Crippen LogP contribution in [0.5, 0.6) is 0 Å². The van der Waals surface area contributed by atoms with E-state index >= 15 is 0 Å². The van der Waals surface area contributed by atoms with Gasteiger partial charge in [0.1, 0.15) is 6.10 Å². The fraction of sp³-hybridized carbons (Fsp3) is 0.769. The molecule has 0 radical (unpaired) electrons. The molecule has 0 aliphatic carbocycles. The number of hydrogen-bond acceptors (Lipinski definition) is 4. The van der Waals surface area contributed by atoms with Crippen molar-refractivity contribution in [1.82, 2.24) is 14.7 Å². The number of aromatic nitrogens is 2. The summed E-state index contributed by atoms with van der Waals surface area (Å²) in [6, 6.07) is 0. The van der Waals surface area contributed by atoms with Gasteiger partial charge in [-0.2, -0.15) is 5.10 Å². The molecule has 1 rings (SSSR count). The van der Waals surface area contributed by atoms with Crippen LogP contribution in [0.25, 0.3) is 0 Å². The average Bonchev–Trinajstić information content (AvgIpc) is 2.75. The minimum absolute atomic E-state index is 0.475. The third-order valence-corrected chi connectivity index (χ3v) is 3.89. The van der Waals surface area contributed by atoms with Crippen molar-refractivity contribution < 1.29 is 9.84 Å². The molecule has 0 spiro atoms. The molecule has 0 fully saturated rings. The van der Waals surface area contributed by atoms with Gasteiger partial charge in [-0.15, -0.1) is 0 Å². The van der Waals surface area contributed by atoms with Crippen molar-refractivity contribution in [2.45, 2.75) is 38.5 Å². The summed E-state index contributed by atoms with van der Waals surface area (Å²) in [4.78, 5) is 2.06. The second-order valence-electron chi connectivity index (χ2n) is 5.18. The Morgan fingerprint density at radius 2 is 2.21 bits per heavy atom. The predicted octanol–water partition coefficient (Wildman–Crippen LogP) is 1.95. The SMILES string of the molecule is CCC(C)(OC)C(O)c1c(Cl)cnn1CCN(C)C. The number of rotatable bonds is 7. The molecule has 0 aromatic carbocycles. The molecule has 2 unspecified atom stereocenters. The van der Waals surface area contributed by atoms with Crippen molar-refractivity contribution in [3.8, 4) is 0 Å². The van der Waals surface area contributed by atoms with E-state index in [-0.39, 0.29) is 0 Å². The fourth-order valence-corrected chi connectivity index (χ4v) is 2.10. The Kier molecular flexibility index (Phi) is 5.80. The third kappa shape index (κ3) is 3.69. The van der Waals surface area contributed by atoms with Gasteiger partial charge in [0, 0.05) is 13.7 Å². The van der Waals surface area contributed by atoms with E-state index in [9.17, 15) is 5.11 Å². The summed E-state index contributed by atoms with van der Waals surface area (Å²) in [6.45, 7) is 5.35. The van der Waals surface area contributed by atoms with E-state index in [1.807, 2.05) is 27.9 Å². The highest BCUT2D eigenvalue weighted by Gasteiger charge is 2.36. The first-order chi connectivity index (χ1) is 8.85. The van der Waals surface area contributed by atoms with Gasteiger partial charge in [0.25, 0.3) is 0 Å². The molecule has 0 saturated heterocycles. The van der Waals surface area contributed by atoms with Gasteiger partial charge in [-0.3, -0.25) is 4.68 Å². The van der Waals surface area contributed by atoms with Gasteiger partial charge in [0.15, 0.2) is 0 Å². The van der Waals surface area contributed by atoms with Crippen LogP contribution in [0.15, 0.2) is 6.20 Å². The summed E-state index contributed by atoms with van der Waals surface area (Å²) in [6.07, 6.45) is 1.45. The molecule has 110 valence electrons. The van der Waals surface area contributed by atoms with Crippen LogP contribution >= 0.6 is 11.6 Å². The molecule has 0 aliphatic heterocycles. The number of aliphatic hydroxyl groups excluding tert-OH is 1. The predicted molar refractivity (Wildman–Crippen MR) is 76.5 cm³/mol. The van der Waals surface area contributed by atoms with E-state index in [2.05, 4.69) is 10.00 Å². The van der Waals surface area contributed by atoms with Crippen molar-refractivity contribution in [3.63, 3.8) is 0 Å². The molecule has 0 amide bonds. The average molecular weight is 290 g/mol. The molecule has 2 atom stereocenters. The van der Waals surface area contributed by atoms with Crippen molar-refractivity contribution in [2.24, 2.45) is 0 Å². The monoisotopic (exact) mass is 289 g/mol. The highest BCUT2D eigenvalue weighted by Crippen LogP contribution is 2.35. The number of halogens is 1. The molecular weight excluding hydrogens is 266 g/mol. The Labute approximate surface area is 120 Å². The van der Waals surface area contributed by atoms with Crippen LogP contribution in [0.2, 0.25) is 5.02 Å². The van der Waals surface area contributed by atoms with Gasteiger partial charge < -0.3 is 14.7 Å². The number of methoxy groups -OCH3 is 1. The number of hydrogen-bond donors (Lipinski definition) is 1. The summed E-state index contributed by atoms with van der Waals surface area (Å²) in [5.41, 5.74) is -0.0470.